The Morgan fingerprint density at radius 1 is 1.40 bits per heavy atom. The highest BCUT2D eigenvalue weighted by molar-refractivity contribution is 5.98. The molecule has 1 heterocycles. The standard InChI is InChI=1S/C12H14N2O/c1-7(2)12-10-5-4-9(8(3)15)6-11(10)13-14-12/h4-7H,1-3H3,(H,13,14). The van der Waals surface area contributed by atoms with Gasteiger partial charge in [0.25, 0.3) is 0 Å². The van der Waals surface area contributed by atoms with E-state index in [0.717, 1.165) is 16.6 Å². The Morgan fingerprint density at radius 2 is 2.13 bits per heavy atom. The summed E-state index contributed by atoms with van der Waals surface area (Å²) in [7, 11) is 0. The lowest BCUT2D eigenvalue weighted by molar-refractivity contribution is 0.101. The van der Waals surface area contributed by atoms with E-state index in [2.05, 4.69) is 24.0 Å². The molecule has 1 N–H and O–H groups in total. The summed E-state index contributed by atoms with van der Waals surface area (Å²) in [5.41, 5.74) is 2.70. The summed E-state index contributed by atoms with van der Waals surface area (Å²) < 4.78 is 0. The predicted molar refractivity (Wildman–Crippen MR) is 60.2 cm³/mol. The van der Waals surface area contributed by atoms with Gasteiger partial charge in [0.1, 0.15) is 0 Å². The quantitative estimate of drug-likeness (QED) is 0.761. The van der Waals surface area contributed by atoms with Gasteiger partial charge in [0.2, 0.25) is 0 Å². The number of fused-ring (bicyclic) bond motifs is 1. The molecule has 78 valence electrons. The molecule has 1 aromatic heterocycles. The number of H-pyrrole nitrogens is 1. The van der Waals surface area contributed by atoms with Crippen LogP contribution in [-0.2, 0) is 0 Å². The molecule has 0 atom stereocenters. The summed E-state index contributed by atoms with van der Waals surface area (Å²) in [6, 6.07) is 5.65. The highest BCUT2D eigenvalue weighted by atomic mass is 16.1. The minimum Gasteiger partial charge on any atom is -0.295 e. The summed E-state index contributed by atoms with van der Waals surface area (Å²) in [5, 5.41) is 8.33. The monoisotopic (exact) mass is 202 g/mol. The summed E-state index contributed by atoms with van der Waals surface area (Å²) in [4.78, 5) is 11.2. The van der Waals surface area contributed by atoms with Crippen molar-refractivity contribution in [1.29, 1.82) is 0 Å². The molecule has 0 aliphatic heterocycles. The highest BCUT2D eigenvalue weighted by Crippen LogP contribution is 2.23. The Hall–Kier alpha value is -1.64. The van der Waals surface area contributed by atoms with Crippen LogP contribution in [0.5, 0.6) is 0 Å². The largest absolute Gasteiger partial charge is 0.295 e. The van der Waals surface area contributed by atoms with Gasteiger partial charge in [-0.05, 0) is 18.9 Å². The molecule has 3 nitrogen and oxygen atoms in total. The normalized spacial score (nSPS) is 11.2. The molecule has 0 unspecified atom stereocenters. The molecule has 0 aliphatic carbocycles. The summed E-state index contributed by atoms with van der Waals surface area (Å²) >= 11 is 0. The molecule has 0 bridgehead atoms. The number of rotatable bonds is 2. The average molecular weight is 202 g/mol. The van der Waals surface area contributed by atoms with Gasteiger partial charge in [-0.25, -0.2) is 0 Å². The van der Waals surface area contributed by atoms with Crippen LogP contribution in [0.2, 0.25) is 0 Å². The van der Waals surface area contributed by atoms with Gasteiger partial charge in [0, 0.05) is 16.6 Å². The van der Waals surface area contributed by atoms with Crippen LogP contribution < -0.4 is 0 Å². The number of carbonyl (C=O) groups excluding carboxylic acids is 1. The number of hydrogen-bond donors (Lipinski definition) is 1. The lowest BCUT2D eigenvalue weighted by Crippen LogP contribution is -1.91. The number of Topliss-reactive ketones (excluding diaryl/α,β-unsaturated/α-hetero) is 1. The van der Waals surface area contributed by atoms with Crippen LogP contribution in [0, 0.1) is 0 Å². The zero-order valence-corrected chi connectivity index (χ0v) is 9.16. The first kappa shape index (κ1) is 9.90. The van der Waals surface area contributed by atoms with Crippen LogP contribution in [0.15, 0.2) is 18.2 Å². The Bertz CT molecular complexity index is 511. The van der Waals surface area contributed by atoms with Crippen LogP contribution in [0.4, 0.5) is 0 Å². The number of hydrogen-bond acceptors (Lipinski definition) is 2. The molecule has 0 radical (unpaired) electrons. The number of nitrogens with one attached hydrogen (secondary N) is 1. The molecule has 15 heavy (non-hydrogen) atoms. The first-order valence-corrected chi connectivity index (χ1v) is 5.08. The first-order chi connectivity index (χ1) is 7.09. The van der Waals surface area contributed by atoms with Gasteiger partial charge >= 0.3 is 0 Å². The Balaban J connectivity index is 2.61. The van der Waals surface area contributed by atoms with E-state index in [9.17, 15) is 4.79 Å². The third-order valence-electron chi connectivity index (χ3n) is 2.57. The predicted octanol–water partition coefficient (Wildman–Crippen LogP) is 2.89. The summed E-state index contributed by atoms with van der Waals surface area (Å²) in [6.07, 6.45) is 0. The number of benzene rings is 1. The van der Waals surface area contributed by atoms with Gasteiger partial charge < -0.3 is 0 Å². The van der Waals surface area contributed by atoms with Crippen LogP contribution in [0.1, 0.15) is 42.7 Å². The van der Waals surface area contributed by atoms with Gasteiger partial charge in [-0.1, -0.05) is 26.0 Å². The Labute approximate surface area is 88.5 Å². The lowest BCUT2D eigenvalue weighted by atomic mass is 10.0. The molecule has 0 fully saturated rings. The topological polar surface area (TPSA) is 45.8 Å². The molecule has 2 aromatic rings. The fourth-order valence-electron chi connectivity index (χ4n) is 1.69. The van der Waals surface area contributed by atoms with E-state index in [1.807, 2.05) is 18.2 Å². The van der Waals surface area contributed by atoms with E-state index >= 15 is 0 Å². The second kappa shape index (κ2) is 3.50. The van der Waals surface area contributed by atoms with Gasteiger partial charge in [-0.2, -0.15) is 5.10 Å². The van der Waals surface area contributed by atoms with Gasteiger partial charge in [-0.15, -0.1) is 0 Å². The van der Waals surface area contributed by atoms with Gasteiger partial charge in [0.15, 0.2) is 5.78 Å². The van der Waals surface area contributed by atoms with Crippen molar-refractivity contribution in [2.75, 3.05) is 0 Å². The van der Waals surface area contributed by atoms with Crippen LogP contribution in [0.3, 0.4) is 0 Å². The third-order valence-corrected chi connectivity index (χ3v) is 2.57. The molecule has 0 saturated heterocycles. The number of ketones is 1. The molecule has 0 amide bonds. The van der Waals surface area contributed by atoms with Crippen molar-refractivity contribution in [3.05, 3.63) is 29.5 Å². The van der Waals surface area contributed by atoms with E-state index in [1.54, 1.807) is 6.92 Å². The lowest BCUT2D eigenvalue weighted by Gasteiger charge is -2.01. The first-order valence-electron chi connectivity index (χ1n) is 5.08. The third kappa shape index (κ3) is 1.65. The van der Waals surface area contributed by atoms with Crippen molar-refractivity contribution in [2.45, 2.75) is 26.7 Å². The summed E-state index contributed by atoms with van der Waals surface area (Å²) in [6.45, 7) is 5.80. The molecule has 0 saturated carbocycles. The van der Waals surface area contributed by atoms with Crippen LogP contribution >= 0.6 is 0 Å². The molecule has 2 rings (SSSR count). The molecule has 3 heteroatoms. The van der Waals surface area contributed by atoms with Crippen molar-refractivity contribution >= 4 is 16.7 Å². The van der Waals surface area contributed by atoms with Crippen LogP contribution in [0.25, 0.3) is 10.9 Å². The minimum atomic E-state index is 0.0750. The van der Waals surface area contributed by atoms with E-state index in [-0.39, 0.29) is 5.78 Å². The maximum Gasteiger partial charge on any atom is 0.159 e. The van der Waals surface area contributed by atoms with Gasteiger partial charge in [-0.3, -0.25) is 9.89 Å². The Morgan fingerprint density at radius 3 is 2.73 bits per heavy atom. The number of nitrogens with zero attached hydrogens (tertiary/aromatic N) is 1. The van der Waals surface area contributed by atoms with E-state index < -0.39 is 0 Å². The molecule has 0 aliphatic rings. The fourth-order valence-corrected chi connectivity index (χ4v) is 1.69. The zero-order chi connectivity index (χ0) is 11.0. The zero-order valence-electron chi connectivity index (χ0n) is 9.16. The van der Waals surface area contributed by atoms with Crippen molar-refractivity contribution in [3.8, 4) is 0 Å². The van der Waals surface area contributed by atoms with Crippen molar-refractivity contribution in [2.24, 2.45) is 0 Å². The molecule has 1 aromatic carbocycles. The number of carbonyl (C=O) groups is 1. The maximum atomic E-state index is 11.2. The molecular formula is C12H14N2O. The second-order valence-electron chi connectivity index (χ2n) is 4.08. The average Bonchev–Trinajstić information content (AvgIpc) is 2.59. The molecule has 0 spiro atoms. The SMILES string of the molecule is CC(=O)c1ccc2c(C(C)C)[nH]nc2c1. The minimum absolute atomic E-state index is 0.0750. The van der Waals surface area contributed by atoms with E-state index in [1.165, 1.54) is 0 Å². The second-order valence-corrected chi connectivity index (χ2v) is 4.08. The van der Waals surface area contributed by atoms with Crippen molar-refractivity contribution in [1.82, 2.24) is 10.2 Å². The molecular weight excluding hydrogens is 188 g/mol. The van der Waals surface area contributed by atoms with Crippen molar-refractivity contribution < 1.29 is 4.79 Å². The van der Waals surface area contributed by atoms with Crippen LogP contribution in [-0.4, -0.2) is 16.0 Å². The smallest absolute Gasteiger partial charge is 0.159 e. The van der Waals surface area contributed by atoms with E-state index in [0.29, 0.717) is 11.5 Å². The van der Waals surface area contributed by atoms with Crippen molar-refractivity contribution in [3.63, 3.8) is 0 Å². The summed E-state index contributed by atoms with van der Waals surface area (Å²) in [5.74, 6) is 0.490. The number of aromatic nitrogens is 2. The van der Waals surface area contributed by atoms with E-state index in [4.69, 9.17) is 0 Å². The highest BCUT2D eigenvalue weighted by Gasteiger charge is 2.09. The van der Waals surface area contributed by atoms with Gasteiger partial charge in [0.05, 0.1) is 5.52 Å². The fraction of sp³-hybridized carbons (Fsp3) is 0.333. The maximum absolute atomic E-state index is 11.2. The Kier molecular flexibility index (Phi) is 2.31. The number of aromatic amines is 1.